The predicted octanol–water partition coefficient (Wildman–Crippen LogP) is 4.63. The van der Waals surface area contributed by atoms with Gasteiger partial charge in [-0.3, -0.25) is 9.69 Å². The van der Waals surface area contributed by atoms with Gasteiger partial charge in [-0.1, -0.05) is 23.9 Å². The molecule has 1 saturated heterocycles. The van der Waals surface area contributed by atoms with Gasteiger partial charge >= 0.3 is 0 Å². The lowest BCUT2D eigenvalue weighted by Crippen LogP contribution is -2.47. The molecule has 1 unspecified atom stereocenters. The van der Waals surface area contributed by atoms with Crippen molar-refractivity contribution in [2.45, 2.75) is 33.1 Å². The Hall–Kier alpha value is -3.11. The summed E-state index contributed by atoms with van der Waals surface area (Å²) in [6.45, 7) is 6.86. The van der Waals surface area contributed by atoms with Crippen LogP contribution in [0.2, 0.25) is 0 Å². The van der Waals surface area contributed by atoms with Gasteiger partial charge in [-0.15, -0.1) is 0 Å². The summed E-state index contributed by atoms with van der Waals surface area (Å²) in [5.74, 6) is 0.737. The van der Waals surface area contributed by atoms with Crippen LogP contribution >= 0.6 is 11.8 Å². The number of nitriles is 1. The molecule has 6 nitrogen and oxygen atoms in total. The molecule has 0 aliphatic carbocycles. The molecular weight excluding hydrogens is 410 g/mol. The summed E-state index contributed by atoms with van der Waals surface area (Å²) in [5.41, 5.74) is 4.91. The van der Waals surface area contributed by atoms with Crippen LogP contribution in [0.25, 0.3) is 0 Å². The SMILES string of the molecule is CCOc1cc(C2CC(=O)N3CN(c4ccc(C)c(C)c4)CSC3=C2C#N)ccc1O. The van der Waals surface area contributed by atoms with Crippen LogP contribution in [0.4, 0.5) is 5.69 Å². The largest absolute Gasteiger partial charge is 0.504 e. The number of anilines is 1. The smallest absolute Gasteiger partial charge is 0.229 e. The second-order valence-corrected chi connectivity index (χ2v) is 8.73. The lowest BCUT2D eigenvalue weighted by atomic mass is 9.86. The third-order valence-electron chi connectivity index (χ3n) is 5.84. The van der Waals surface area contributed by atoms with E-state index in [1.54, 1.807) is 23.1 Å². The molecule has 2 aliphatic heterocycles. The molecule has 7 heteroatoms. The molecule has 1 N–H and O–H groups in total. The molecule has 0 bridgehead atoms. The molecule has 1 amide bonds. The molecule has 0 spiro atoms. The Labute approximate surface area is 186 Å². The standard InChI is InChI=1S/C24H25N3O3S/c1-4-30-22-10-17(6-8-21(22)28)19-11-23(29)27-13-26(14-31-24(27)20(19)12-25)18-7-5-15(2)16(3)9-18/h5-10,19,28H,4,11,13-14H2,1-3H3. The Balaban J connectivity index is 1.66. The first-order valence-corrected chi connectivity index (χ1v) is 11.3. The van der Waals surface area contributed by atoms with Gasteiger partial charge in [-0.05, 0) is 61.7 Å². The van der Waals surface area contributed by atoms with Gasteiger partial charge < -0.3 is 14.7 Å². The van der Waals surface area contributed by atoms with Crippen molar-refractivity contribution in [1.82, 2.24) is 4.90 Å². The van der Waals surface area contributed by atoms with E-state index in [4.69, 9.17) is 4.74 Å². The number of carbonyl (C=O) groups is 1. The number of aromatic hydroxyl groups is 1. The second-order valence-electron chi connectivity index (χ2n) is 7.79. The lowest BCUT2D eigenvalue weighted by Gasteiger charge is -2.42. The molecule has 0 aromatic heterocycles. The third-order valence-corrected chi connectivity index (χ3v) is 6.99. The fourth-order valence-corrected chi connectivity index (χ4v) is 5.12. The quantitative estimate of drug-likeness (QED) is 0.755. The number of phenolic OH excluding ortho intramolecular Hbond substituents is 1. The number of ether oxygens (including phenoxy) is 1. The van der Waals surface area contributed by atoms with E-state index in [-0.39, 0.29) is 24.0 Å². The number of hydrogen-bond donors (Lipinski definition) is 1. The van der Waals surface area contributed by atoms with Crippen LogP contribution in [0, 0.1) is 25.2 Å². The van der Waals surface area contributed by atoms with E-state index in [0.717, 1.165) is 16.3 Å². The molecule has 2 aromatic rings. The maximum atomic E-state index is 13.1. The highest BCUT2D eigenvalue weighted by atomic mass is 32.2. The van der Waals surface area contributed by atoms with E-state index < -0.39 is 0 Å². The highest BCUT2D eigenvalue weighted by Gasteiger charge is 2.38. The van der Waals surface area contributed by atoms with Gasteiger partial charge in [0.1, 0.15) is 0 Å². The predicted molar refractivity (Wildman–Crippen MR) is 122 cm³/mol. The fraction of sp³-hybridized carbons (Fsp3) is 0.333. The first kappa shape index (κ1) is 21.1. The van der Waals surface area contributed by atoms with E-state index in [2.05, 4.69) is 43.0 Å². The molecule has 0 radical (unpaired) electrons. The van der Waals surface area contributed by atoms with Crippen LogP contribution in [0.1, 0.15) is 36.0 Å². The Bertz CT molecular complexity index is 1110. The number of aryl methyl sites for hydroxylation is 2. The summed E-state index contributed by atoms with van der Waals surface area (Å²) >= 11 is 1.52. The summed E-state index contributed by atoms with van der Waals surface area (Å²) < 4.78 is 5.50. The molecule has 2 heterocycles. The van der Waals surface area contributed by atoms with Crippen molar-refractivity contribution in [1.29, 1.82) is 5.26 Å². The van der Waals surface area contributed by atoms with Gasteiger partial charge in [0.05, 0.1) is 35.8 Å². The monoisotopic (exact) mass is 435 g/mol. The van der Waals surface area contributed by atoms with Gasteiger partial charge in [-0.25, -0.2) is 0 Å². The number of nitrogens with zero attached hydrogens (tertiary/aromatic N) is 3. The average Bonchev–Trinajstić information content (AvgIpc) is 2.77. The Kier molecular flexibility index (Phi) is 5.84. The number of carbonyl (C=O) groups excluding carboxylic acids is 1. The number of amides is 1. The van der Waals surface area contributed by atoms with E-state index in [1.807, 2.05) is 6.92 Å². The van der Waals surface area contributed by atoms with Crippen LogP contribution in [-0.4, -0.2) is 35.1 Å². The zero-order chi connectivity index (χ0) is 22.1. The van der Waals surface area contributed by atoms with E-state index in [1.165, 1.54) is 22.9 Å². The fourth-order valence-electron chi connectivity index (χ4n) is 3.95. The Morgan fingerprint density at radius 3 is 2.74 bits per heavy atom. The number of hydrogen-bond acceptors (Lipinski definition) is 6. The van der Waals surface area contributed by atoms with Gasteiger partial charge in [0, 0.05) is 18.0 Å². The molecule has 2 aromatic carbocycles. The van der Waals surface area contributed by atoms with Crippen molar-refractivity contribution in [3.8, 4) is 17.6 Å². The molecular formula is C24H25N3O3S. The Morgan fingerprint density at radius 1 is 1.23 bits per heavy atom. The van der Waals surface area contributed by atoms with E-state index >= 15 is 0 Å². The van der Waals surface area contributed by atoms with Crippen LogP contribution in [-0.2, 0) is 4.79 Å². The number of allylic oxidation sites excluding steroid dienone is 1. The molecule has 31 heavy (non-hydrogen) atoms. The van der Waals surface area contributed by atoms with Gasteiger partial charge in [0.25, 0.3) is 0 Å². The highest BCUT2D eigenvalue weighted by molar-refractivity contribution is 8.03. The summed E-state index contributed by atoms with van der Waals surface area (Å²) in [5, 5.41) is 20.7. The molecule has 0 saturated carbocycles. The zero-order valence-corrected chi connectivity index (χ0v) is 18.7. The second kappa shape index (κ2) is 8.56. The van der Waals surface area contributed by atoms with Crippen LogP contribution < -0.4 is 9.64 Å². The van der Waals surface area contributed by atoms with Crippen LogP contribution in [0.3, 0.4) is 0 Å². The lowest BCUT2D eigenvalue weighted by molar-refractivity contribution is -0.129. The Morgan fingerprint density at radius 2 is 2.03 bits per heavy atom. The summed E-state index contributed by atoms with van der Waals surface area (Å²) in [6, 6.07) is 13.7. The number of fused-ring (bicyclic) bond motifs is 1. The number of rotatable bonds is 4. The number of thioether (sulfide) groups is 1. The van der Waals surface area contributed by atoms with Crippen LogP contribution in [0.5, 0.6) is 11.5 Å². The number of benzene rings is 2. The van der Waals surface area contributed by atoms with Crippen molar-refractivity contribution >= 4 is 23.4 Å². The maximum absolute atomic E-state index is 13.1. The molecule has 1 fully saturated rings. The molecule has 4 rings (SSSR count). The summed E-state index contributed by atoms with van der Waals surface area (Å²) in [7, 11) is 0. The van der Waals surface area contributed by atoms with Crippen molar-refractivity contribution in [2.24, 2.45) is 0 Å². The zero-order valence-electron chi connectivity index (χ0n) is 17.9. The molecule has 1 atom stereocenters. The topological polar surface area (TPSA) is 76.8 Å². The normalized spacial score (nSPS) is 18.6. The molecule has 160 valence electrons. The minimum Gasteiger partial charge on any atom is -0.504 e. The molecule has 2 aliphatic rings. The summed E-state index contributed by atoms with van der Waals surface area (Å²) in [6.07, 6.45) is 0.212. The van der Waals surface area contributed by atoms with Crippen molar-refractivity contribution in [3.05, 3.63) is 63.7 Å². The first-order valence-electron chi connectivity index (χ1n) is 10.3. The third kappa shape index (κ3) is 3.96. The first-order chi connectivity index (χ1) is 14.9. The highest BCUT2D eigenvalue weighted by Crippen LogP contribution is 2.44. The van der Waals surface area contributed by atoms with Crippen molar-refractivity contribution in [2.75, 3.05) is 24.1 Å². The van der Waals surface area contributed by atoms with E-state index in [9.17, 15) is 15.2 Å². The summed E-state index contributed by atoms with van der Waals surface area (Å²) in [4.78, 5) is 17.0. The van der Waals surface area contributed by atoms with Gasteiger partial charge in [-0.2, -0.15) is 5.26 Å². The van der Waals surface area contributed by atoms with Crippen molar-refractivity contribution in [3.63, 3.8) is 0 Å². The van der Waals surface area contributed by atoms with Gasteiger partial charge in [0.2, 0.25) is 5.91 Å². The number of phenols is 1. The average molecular weight is 436 g/mol. The maximum Gasteiger partial charge on any atom is 0.229 e. The van der Waals surface area contributed by atoms with E-state index in [0.29, 0.717) is 30.5 Å². The van der Waals surface area contributed by atoms with Gasteiger partial charge in [0.15, 0.2) is 11.5 Å². The van der Waals surface area contributed by atoms with Crippen molar-refractivity contribution < 1.29 is 14.6 Å². The minimum absolute atomic E-state index is 0.00827. The van der Waals surface area contributed by atoms with Crippen LogP contribution in [0.15, 0.2) is 47.0 Å². The minimum atomic E-state index is -0.343.